The minimum atomic E-state index is -0.258. The van der Waals surface area contributed by atoms with Gasteiger partial charge in [-0.25, -0.2) is 4.79 Å². The molecule has 3 heteroatoms. The predicted octanol–water partition coefficient (Wildman–Crippen LogP) is 1.90. The lowest BCUT2D eigenvalue weighted by Gasteiger charge is -2.09. The second-order valence-electron chi connectivity index (χ2n) is 4.46. The number of benzene rings is 1. The van der Waals surface area contributed by atoms with Crippen molar-refractivity contribution in [3.8, 4) is 0 Å². The van der Waals surface area contributed by atoms with Crippen LogP contribution in [0, 0.1) is 0 Å². The number of esters is 1. The van der Waals surface area contributed by atoms with Crippen molar-refractivity contribution in [1.29, 1.82) is 0 Å². The third kappa shape index (κ3) is 2.61. The van der Waals surface area contributed by atoms with Crippen molar-refractivity contribution in [2.24, 2.45) is 5.73 Å². The summed E-state index contributed by atoms with van der Waals surface area (Å²) in [4.78, 5) is 11.5. The van der Waals surface area contributed by atoms with E-state index in [1.54, 1.807) is 13.0 Å². The maximum absolute atomic E-state index is 11.5. The third-order valence-electron chi connectivity index (χ3n) is 2.89. The minimum absolute atomic E-state index is 0.0206. The summed E-state index contributed by atoms with van der Waals surface area (Å²) in [5, 5.41) is 0. The van der Waals surface area contributed by atoms with E-state index < -0.39 is 0 Å². The smallest absolute Gasteiger partial charge is 0.338 e. The van der Waals surface area contributed by atoms with Crippen LogP contribution < -0.4 is 5.73 Å². The number of hydrogen-bond donors (Lipinski definition) is 1. The molecule has 0 heterocycles. The molecule has 1 aromatic carbocycles. The van der Waals surface area contributed by atoms with Gasteiger partial charge in [-0.2, -0.15) is 0 Å². The van der Waals surface area contributed by atoms with Gasteiger partial charge in [0.2, 0.25) is 0 Å². The number of rotatable bonds is 4. The van der Waals surface area contributed by atoms with Gasteiger partial charge in [-0.05, 0) is 43.9 Å². The van der Waals surface area contributed by atoms with Crippen molar-refractivity contribution in [3.63, 3.8) is 0 Å². The van der Waals surface area contributed by atoms with Crippen LogP contribution >= 0.6 is 0 Å². The van der Waals surface area contributed by atoms with E-state index in [0.29, 0.717) is 12.2 Å². The highest BCUT2D eigenvalue weighted by atomic mass is 16.5. The molecular formula is C13H17NO2. The van der Waals surface area contributed by atoms with Gasteiger partial charge in [0.1, 0.15) is 0 Å². The molecule has 0 saturated heterocycles. The molecule has 1 saturated carbocycles. The van der Waals surface area contributed by atoms with Gasteiger partial charge in [0.25, 0.3) is 0 Å². The minimum Gasteiger partial charge on any atom is -0.462 e. The largest absolute Gasteiger partial charge is 0.462 e. The molecule has 86 valence electrons. The lowest BCUT2D eigenvalue weighted by atomic mass is 10.0. The number of carbonyl (C=O) groups is 1. The fourth-order valence-corrected chi connectivity index (χ4v) is 1.77. The number of nitrogens with two attached hydrogens (primary N) is 1. The maximum atomic E-state index is 11.5. The highest BCUT2D eigenvalue weighted by molar-refractivity contribution is 5.89. The van der Waals surface area contributed by atoms with Gasteiger partial charge < -0.3 is 10.5 Å². The van der Waals surface area contributed by atoms with Crippen molar-refractivity contribution >= 4 is 5.97 Å². The fourth-order valence-electron chi connectivity index (χ4n) is 1.77. The van der Waals surface area contributed by atoms with Crippen LogP contribution in [-0.4, -0.2) is 18.1 Å². The van der Waals surface area contributed by atoms with E-state index in [2.05, 4.69) is 0 Å². The standard InChI is InChI=1S/C13H17NO2/c1-2-16-12(15)11-5-3-4-10(8-11)9-13(14)6-7-13/h3-5,8H,2,6-7,9,14H2,1H3. The molecule has 0 bridgehead atoms. The zero-order valence-electron chi connectivity index (χ0n) is 9.53. The molecule has 0 spiro atoms. The average molecular weight is 219 g/mol. The third-order valence-corrected chi connectivity index (χ3v) is 2.89. The normalized spacial score (nSPS) is 16.9. The summed E-state index contributed by atoms with van der Waals surface area (Å²) in [6.45, 7) is 2.21. The summed E-state index contributed by atoms with van der Waals surface area (Å²) in [5.41, 5.74) is 7.76. The van der Waals surface area contributed by atoms with E-state index in [9.17, 15) is 4.79 Å². The molecule has 1 aliphatic rings. The Balaban J connectivity index is 2.09. The number of hydrogen-bond acceptors (Lipinski definition) is 3. The van der Waals surface area contributed by atoms with E-state index in [0.717, 1.165) is 24.8 Å². The first-order chi connectivity index (χ1) is 7.63. The number of ether oxygens (including phenoxy) is 1. The van der Waals surface area contributed by atoms with Crippen LogP contribution in [0.2, 0.25) is 0 Å². The van der Waals surface area contributed by atoms with E-state index in [1.807, 2.05) is 18.2 Å². The van der Waals surface area contributed by atoms with Crippen molar-refractivity contribution in [2.45, 2.75) is 31.7 Å². The molecule has 0 radical (unpaired) electrons. The molecule has 1 aromatic rings. The summed E-state index contributed by atoms with van der Waals surface area (Å²) in [6.07, 6.45) is 3.01. The van der Waals surface area contributed by atoms with E-state index in [-0.39, 0.29) is 11.5 Å². The molecule has 2 N–H and O–H groups in total. The maximum Gasteiger partial charge on any atom is 0.338 e. The summed E-state index contributed by atoms with van der Waals surface area (Å²) in [5.74, 6) is -0.258. The van der Waals surface area contributed by atoms with Crippen LogP contribution in [0.1, 0.15) is 35.7 Å². The van der Waals surface area contributed by atoms with Crippen molar-refractivity contribution in [3.05, 3.63) is 35.4 Å². The molecule has 1 aliphatic carbocycles. The molecule has 2 rings (SSSR count). The van der Waals surface area contributed by atoms with Crippen LogP contribution in [0.25, 0.3) is 0 Å². The average Bonchev–Trinajstić information content (AvgIpc) is 2.97. The Kier molecular flexibility index (Phi) is 2.97. The van der Waals surface area contributed by atoms with Gasteiger partial charge in [-0.1, -0.05) is 12.1 Å². The zero-order chi connectivity index (χ0) is 11.6. The van der Waals surface area contributed by atoms with Gasteiger partial charge in [0.15, 0.2) is 0 Å². The van der Waals surface area contributed by atoms with Crippen molar-refractivity contribution in [2.75, 3.05) is 6.61 Å². The van der Waals surface area contributed by atoms with Crippen LogP contribution in [0.3, 0.4) is 0 Å². The predicted molar refractivity (Wildman–Crippen MR) is 62.3 cm³/mol. The topological polar surface area (TPSA) is 52.3 Å². The highest BCUT2D eigenvalue weighted by Gasteiger charge is 2.37. The Morgan fingerprint density at radius 2 is 2.25 bits per heavy atom. The Morgan fingerprint density at radius 1 is 1.50 bits per heavy atom. The zero-order valence-corrected chi connectivity index (χ0v) is 9.53. The lowest BCUT2D eigenvalue weighted by molar-refractivity contribution is 0.0526. The number of carbonyl (C=O) groups excluding carboxylic acids is 1. The summed E-state index contributed by atoms with van der Waals surface area (Å²) >= 11 is 0. The first-order valence-corrected chi connectivity index (χ1v) is 5.68. The highest BCUT2D eigenvalue weighted by Crippen LogP contribution is 2.35. The van der Waals surface area contributed by atoms with Crippen molar-refractivity contribution < 1.29 is 9.53 Å². The monoisotopic (exact) mass is 219 g/mol. The van der Waals surface area contributed by atoms with Crippen LogP contribution in [0.4, 0.5) is 0 Å². The van der Waals surface area contributed by atoms with Gasteiger partial charge in [-0.15, -0.1) is 0 Å². The second kappa shape index (κ2) is 4.26. The summed E-state index contributed by atoms with van der Waals surface area (Å²) in [7, 11) is 0. The first kappa shape index (κ1) is 11.1. The van der Waals surface area contributed by atoms with Crippen LogP contribution in [-0.2, 0) is 11.2 Å². The Morgan fingerprint density at radius 3 is 2.88 bits per heavy atom. The molecule has 3 nitrogen and oxygen atoms in total. The SMILES string of the molecule is CCOC(=O)c1cccc(CC2(N)CC2)c1. The molecule has 16 heavy (non-hydrogen) atoms. The van der Waals surface area contributed by atoms with E-state index in [1.165, 1.54) is 0 Å². The van der Waals surface area contributed by atoms with Crippen LogP contribution in [0.5, 0.6) is 0 Å². The fraction of sp³-hybridized carbons (Fsp3) is 0.462. The Bertz CT molecular complexity index is 397. The van der Waals surface area contributed by atoms with Crippen molar-refractivity contribution in [1.82, 2.24) is 0 Å². The van der Waals surface area contributed by atoms with Gasteiger partial charge in [-0.3, -0.25) is 0 Å². The molecule has 1 fully saturated rings. The Labute approximate surface area is 95.6 Å². The van der Waals surface area contributed by atoms with Gasteiger partial charge in [0.05, 0.1) is 12.2 Å². The second-order valence-corrected chi connectivity index (χ2v) is 4.46. The molecule has 0 unspecified atom stereocenters. The van der Waals surface area contributed by atoms with Gasteiger partial charge in [0, 0.05) is 5.54 Å². The van der Waals surface area contributed by atoms with Crippen LogP contribution in [0.15, 0.2) is 24.3 Å². The summed E-state index contributed by atoms with van der Waals surface area (Å²) < 4.78 is 4.96. The molecule has 0 amide bonds. The molecule has 0 aliphatic heterocycles. The first-order valence-electron chi connectivity index (χ1n) is 5.68. The lowest BCUT2D eigenvalue weighted by Crippen LogP contribution is -2.24. The summed E-state index contributed by atoms with van der Waals surface area (Å²) in [6, 6.07) is 7.55. The van der Waals surface area contributed by atoms with E-state index in [4.69, 9.17) is 10.5 Å². The molecule has 0 atom stereocenters. The molecule has 0 aromatic heterocycles. The Hall–Kier alpha value is -1.35. The van der Waals surface area contributed by atoms with Gasteiger partial charge >= 0.3 is 5.97 Å². The quantitative estimate of drug-likeness (QED) is 0.787. The molecular weight excluding hydrogens is 202 g/mol. The van der Waals surface area contributed by atoms with E-state index >= 15 is 0 Å².